The lowest BCUT2D eigenvalue weighted by Gasteiger charge is -2.21. The molecule has 162 valence electrons. The number of nitrogens with one attached hydrogen (secondary N) is 1. The molecule has 1 heterocycles. The van der Waals surface area contributed by atoms with Crippen molar-refractivity contribution in [3.8, 4) is 17.7 Å². The van der Waals surface area contributed by atoms with Crippen LogP contribution in [0.3, 0.4) is 0 Å². The zero-order valence-corrected chi connectivity index (χ0v) is 17.0. The number of nitriles is 1. The number of rotatable bonds is 6. The lowest BCUT2D eigenvalue weighted by atomic mass is 10.1. The van der Waals surface area contributed by atoms with Gasteiger partial charge in [-0.3, -0.25) is 4.79 Å². The third-order valence-electron chi connectivity index (χ3n) is 4.38. The van der Waals surface area contributed by atoms with E-state index in [2.05, 4.69) is 21.2 Å². The largest absolute Gasteiger partial charge is 0.573 e. The molecule has 7 nitrogen and oxygen atoms in total. The second kappa shape index (κ2) is 8.73. The Morgan fingerprint density at radius 2 is 1.94 bits per heavy atom. The van der Waals surface area contributed by atoms with Gasteiger partial charge in [-0.25, -0.2) is 4.68 Å². The van der Waals surface area contributed by atoms with Gasteiger partial charge in [-0.05, 0) is 49.4 Å². The second-order valence-corrected chi connectivity index (χ2v) is 6.96. The van der Waals surface area contributed by atoms with Gasteiger partial charge in [-0.1, -0.05) is 11.6 Å². The van der Waals surface area contributed by atoms with E-state index in [0.717, 1.165) is 12.1 Å². The van der Waals surface area contributed by atoms with Gasteiger partial charge < -0.3 is 14.8 Å². The minimum atomic E-state index is -4.82. The number of ether oxygens (including phenoxy) is 2. The van der Waals surface area contributed by atoms with Crippen molar-refractivity contribution >= 4 is 28.4 Å². The van der Waals surface area contributed by atoms with E-state index in [4.69, 9.17) is 16.3 Å². The van der Waals surface area contributed by atoms with Crippen LogP contribution in [0.15, 0.2) is 42.5 Å². The Morgan fingerprint density at radius 3 is 2.52 bits per heavy atom. The zero-order valence-electron chi connectivity index (χ0n) is 16.3. The van der Waals surface area contributed by atoms with Gasteiger partial charge in [0.05, 0.1) is 30.1 Å². The van der Waals surface area contributed by atoms with Crippen molar-refractivity contribution in [3.63, 3.8) is 0 Å². The van der Waals surface area contributed by atoms with E-state index in [-0.39, 0.29) is 5.56 Å². The summed E-state index contributed by atoms with van der Waals surface area (Å²) in [6, 6.07) is 9.86. The Morgan fingerprint density at radius 1 is 1.26 bits per heavy atom. The lowest BCUT2D eigenvalue weighted by Crippen LogP contribution is -2.39. The van der Waals surface area contributed by atoms with Crippen LogP contribution in [0.4, 0.5) is 13.2 Å². The highest BCUT2D eigenvalue weighted by atomic mass is 35.5. The number of hydrogen-bond donors (Lipinski definition) is 1. The van der Waals surface area contributed by atoms with Crippen LogP contribution in [-0.4, -0.2) is 35.2 Å². The maximum absolute atomic E-state index is 12.5. The van der Waals surface area contributed by atoms with Gasteiger partial charge in [0.15, 0.2) is 6.04 Å². The highest BCUT2D eigenvalue weighted by Crippen LogP contribution is 2.31. The molecule has 3 aromatic rings. The van der Waals surface area contributed by atoms with E-state index in [9.17, 15) is 23.2 Å². The number of aromatic nitrogens is 2. The number of carbonyl (C=O) groups excluding carboxylic acids is 1. The van der Waals surface area contributed by atoms with Crippen molar-refractivity contribution in [2.24, 2.45) is 0 Å². The van der Waals surface area contributed by atoms with Gasteiger partial charge in [0.1, 0.15) is 5.75 Å². The van der Waals surface area contributed by atoms with Gasteiger partial charge in [0, 0.05) is 10.6 Å². The SMILES string of the molecule is COc1c2cc(Cl)ccc2nn1C(C#N)C(C)NC(=O)c1ccc(OC(F)(F)F)cc1. The van der Waals surface area contributed by atoms with Crippen LogP contribution in [-0.2, 0) is 0 Å². The van der Waals surface area contributed by atoms with Crippen LogP contribution in [0.5, 0.6) is 11.6 Å². The number of fused-ring (bicyclic) bond motifs is 1. The Kier molecular flexibility index (Phi) is 6.27. The van der Waals surface area contributed by atoms with Crippen LogP contribution in [0.1, 0.15) is 23.3 Å². The highest BCUT2D eigenvalue weighted by Gasteiger charge is 2.31. The van der Waals surface area contributed by atoms with Crippen molar-refractivity contribution in [1.82, 2.24) is 15.1 Å². The summed E-state index contributed by atoms with van der Waals surface area (Å²) < 4.78 is 47.3. The summed E-state index contributed by atoms with van der Waals surface area (Å²) in [7, 11) is 1.43. The number of halogens is 4. The third kappa shape index (κ3) is 5.00. The molecule has 0 spiro atoms. The number of benzene rings is 2. The van der Waals surface area contributed by atoms with Crippen molar-refractivity contribution in [1.29, 1.82) is 5.26 Å². The molecule has 2 aromatic carbocycles. The fraction of sp³-hybridized carbons (Fsp3) is 0.250. The van der Waals surface area contributed by atoms with Crippen molar-refractivity contribution in [3.05, 3.63) is 53.1 Å². The van der Waals surface area contributed by atoms with Crippen molar-refractivity contribution in [2.75, 3.05) is 7.11 Å². The molecule has 0 aliphatic rings. The van der Waals surface area contributed by atoms with Crippen molar-refractivity contribution < 1.29 is 27.4 Å². The molecule has 2 unspecified atom stereocenters. The molecule has 1 aromatic heterocycles. The first-order valence-electron chi connectivity index (χ1n) is 8.91. The van der Waals surface area contributed by atoms with Crippen LogP contribution >= 0.6 is 11.6 Å². The maximum atomic E-state index is 12.5. The Bertz CT molecular complexity index is 1140. The van der Waals surface area contributed by atoms with Crippen molar-refractivity contribution in [2.45, 2.75) is 25.4 Å². The Balaban J connectivity index is 1.80. The molecule has 0 bridgehead atoms. The average molecular weight is 453 g/mol. The lowest BCUT2D eigenvalue weighted by molar-refractivity contribution is -0.274. The third-order valence-corrected chi connectivity index (χ3v) is 4.62. The van der Waals surface area contributed by atoms with Gasteiger partial charge in [-0.2, -0.15) is 10.4 Å². The molecule has 0 aliphatic heterocycles. The van der Waals surface area contributed by atoms with Crippen LogP contribution in [0, 0.1) is 11.3 Å². The molecule has 11 heteroatoms. The zero-order chi connectivity index (χ0) is 22.8. The molecule has 0 saturated carbocycles. The highest BCUT2D eigenvalue weighted by molar-refractivity contribution is 6.31. The standard InChI is InChI=1S/C20H16ClF3N4O3/c1-11(26-18(29)12-3-6-14(7-4-12)31-20(22,23)24)17(10-25)28-19(30-2)15-9-13(21)5-8-16(15)27-28/h3-9,11,17H,1-2H3,(H,26,29). The van der Waals surface area contributed by atoms with E-state index in [1.165, 1.54) is 23.9 Å². The number of amides is 1. The van der Waals surface area contributed by atoms with Gasteiger partial charge in [0.25, 0.3) is 5.91 Å². The van der Waals surface area contributed by atoms with Gasteiger partial charge in [0.2, 0.25) is 5.88 Å². The van der Waals surface area contributed by atoms with E-state index in [0.29, 0.717) is 21.8 Å². The number of carbonyl (C=O) groups is 1. The molecular weight excluding hydrogens is 437 g/mol. The molecule has 1 amide bonds. The monoisotopic (exact) mass is 452 g/mol. The predicted molar refractivity (Wildman–Crippen MR) is 106 cm³/mol. The smallest absolute Gasteiger partial charge is 0.481 e. The minimum absolute atomic E-state index is 0.0995. The summed E-state index contributed by atoms with van der Waals surface area (Å²) in [6.45, 7) is 1.60. The topological polar surface area (TPSA) is 89.2 Å². The van der Waals surface area contributed by atoms with E-state index in [1.54, 1.807) is 25.1 Å². The molecule has 0 aliphatic carbocycles. The quantitative estimate of drug-likeness (QED) is 0.595. The van der Waals surface area contributed by atoms with Crippen LogP contribution in [0.25, 0.3) is 10.9 Å². The fourth-order valence-electron chi connectivity index (χ4n) is 3.00. The van der Waals surface area contributed by atoms with E-state index in [1.807, 2.05) is 0 Å². The summed E-state index contributed by atoms with van der Waals surface area (Å²) >= 11 is 6.03. The fourth-order valence-corrected chi connectivity index (χ4v) is 3.17. The van der Waals surface area contributed by atoms with E-state index < -0.39 is 30.1 Å². The normalized spacial score (nSPS) is 13.3. The van der Waals surface area contributed by atoms with Gasteiger partial charge >= 0.3 is 6.36 Å². The number of methoxy groups -OCH3 is 1. The van der Waals surface area contributed by atoms with Crippen LogP contribution < -0.4 is 14.8 Å². The summed E-state index contributed by atoms with van der Waals surface area (Å²) in [5, 5.41) is 17.8. The minimum Gasteiger partial charge on any atom is -0.481 e. The average Bonchev–Trinajstić information content (AvgIpc) is 3.05. The Hall–Kier alpha value is -3.45. The first-order chi connectivity index (χ1) is 14.6. The maximum Gasteiger partial charge on any atom is 0.573 e. The van der Waals surface area contributed by atoms with Gasteiger partial charge in [-0.15, -0.1) is 13.2 Å². The van der Waals surface area contributed by atoms with Crippen LogP contribution in [0.2, 0.25) is 5.02 Å². The Labute approximate surface area is 179 Å². The first-order valence-corrected chi connectivity index (χ1v) is 9.29. The molecule has 0 fully saturated rings. The molecular formula is C20H16ClF3N4O3. The summed E-state index contributed by atoms with van der Waals surface area (Å²) in [5.74, 6) is -0.720. The molecule has 1 N–H and O–H groups in total. The number of alkyl halides is 3. The summed E-state index contributed by atoms with van der Waals surface area (Å²) in [4.78, 5) is 12.5. The number of hydrogen-bond acceptors (Lipinski definition) is 5. The van der Waals surface area contributed by atoms with E-state index >= 15 is 0 Å². The second-order valence-electron chi connectivity index (χ2n) is 6.52. The molecule has 31 heavy (non-hydrogen) atoms. The molecule has 3 rings (SSSR count). The molecule has 0 radical (unpaired) electrons. The molecule has 0 saturated heterocycles. The summed E-state index contributed by atoms with van der Waals surface area (Å²) in [6.07, 6.45) is -4.82. The predicted octanol–water partition coefficient (Wildman–Crippen LogP) is 4.48. The molecule has 2 atom stereocenters. The number of nitrogens with zero attached hydrogens (tertiary/aromatic N) is 3. The summed E-state index contributed by atoms with van der Waals surface area (Å²) in [5.41, 5.74) is 0.655. The first kappa shape index (κ1) is 22.2.